The molecule has 0 amide bonds. The van der Waals surface area contributed by atoms with E-state index in [1.165, 1.54) is 0 Å². The zero-order chi connectivity index (χ0) is 17.7. The van der Waals surface area contributed by atoms with Gasteiger partial charge >= 0.3 is 0 Å². The molecular weight excluding hydrogens is 342 g/mol. The molecule has 7 nitrogen and oxygen atoms in total. The first-order valence-electron chi connectivity index (χ1n) is 8.78. The van der Waals surface area contributed by atoms with Gasteiger partial charge in [-0.15, -0.1) is 0 Å². The third-order valence-corrected chi connectivity index (χ3v) is 6.75. The first-order valence-corrected chi connectivity index (χ1v) is 10.2. The van der Waals surface area contributed by atoms with E-state index >= 15 is 0 Å². The number of sulfonamides is 1. The van der Waals surface area contributed by atoms with E-state index in [1.807, 2.05) is 0 Å². The van der Waals surface area contributed by atoms with Crippen LogP contribution in [0.1, 0.15) is 6.42 Å². The highest BCUT2D eigenvalue weighted by Crippen LogP contribution is 2.22. The predicted octanol–water partition coefficient (Wildman–Crippen LogP) is 0.380. The molecule has 0 aliphatic carbocycles. The minimum Gasteiger partial charge on any atom is -0.491 e. The average molecular weight is 369 g/mol. The molecule has 2 heterocycles. The van der Waals surface area contributed by atoms with Crippen molar-refractivity contribution in [3.05, 3.63) is 24.3 Å². The van der Waals surface area contributed by atoms with Crippen molar-refractivity contribution < 1.29 is 17.9 Å². The average Bonchev–Trinajstić information content (AvgIpc) is 3.17. The van der Waals surface area contributed by atoms with Gasteiger partial charge < -0.3 is 14.8 Å². The van der Waals surface area contributed by atoms with E-state index in [-0.39, 0.29) is 0 Å². The summed E-state index contributed by atoms with van der Waals surface area (Å²) in [5, 5.41) is 3.37. The van der Waals surface area contributed by atoms with Crippen LogP contribution in [0.3, 0.4) is 0 Å². The second-order valence-corrected chi connectivity index (χ2v) is 8.34. The van der Waals surface area contributed by atoms with Gasteiger partial charge in [-0.3, -0.25) is 4.90 Å². The molecule has 25 heavy (non-hydrogen) atoms. The van der Waals surface area contributed by atoms with E-state index < -0.39 is 10.0 Å². The molecule has 0 bridgehead atoms. The Bertz CT molecular complexity index is 636. The van der Waals surface area contributed by atoms with E-state index in [9.17, 15) is 8.42 Å². The molecule has 2 fully saturated rings. The van der Waals surface area contributed by atoms with Gasteiger partial charge in [0.2, 0.25) is 10.0 Å². The second-order valence-electron chi connectivity index (χ2n) is 6.40. The Kier molecular flexibility index (Phi) is 6.29. The summed E-state index contributed by atoms with van der Waals surface area (Å²) in [7, 11) is -1.83. The minimum atomic E-state index is -3.44. The smallest absolute Gasteiger partial charge is 0.243 e. The largest absolute Gasteiger partial charge is 0.491 e. The van der Waals surface area contributed by atoms with E-state index in [1.54, 1.807) is 35.7 Å². The number of piperazine rings is 1. The van der Waals surface area contributed by atoms with Crippen LogP contribution in [-0.2, 0) is 14.8 Å². The van der Waals surface area contributed by atoms with Gasteiger partial charge in [-0.2, -0.15) is 4.31 Å². The molecule has 0 radical (unpaired) electrons. The van der Waals surface area contributed by atoms with Crippen LogP contribution >= 0.6 is 0 Å². The highest BCUT2D eigenvalue weighted by Gasteiger charge is 2.31. The summed E-state index contributed by atoms with van der Waals surface area (Å²) in [6.07, 6.45) is 1.15. The van der Waals surface area contributed by atoms with Gasteiger partial charge in [-0.25, -0.2) is 8.42 Å². The van der Waals surface area contributed by atoms with Gasteiger partial charge in [0, 0.05) is 45.9 Å². The summed E-state index contributed by atoms with van der Waals surface area (Å²) in [6.45, 7) is 5.70. The number of nitrogens with zero attached hydrogens (tertiary/aromatic N) is 2. The highest BCUT2D eigenvalue weighted by atomic mass is 32.2. The third kappa shape index (κ3) is 4.51. The van der Waals surface area contributed by atoms with Crippen molar-refractivity contribution in [2.45, 2.75) is 17.4 Å². The molecule has 2 aliphatic rings. The highest BCUT2D eigenvalue weighted by molar-refractivity contribution is 7.89. The van der Waals surface area contributed by atoms with Gasteiger partial charge in [0.25, 0.3) is 0 Å². The van der Waals surface area contributed by atoms with Crippen LogP contribution in [-0.4, -0.2) is 83.3 Å². The summed E-state index contributed by atoms with van der Waals surface area (Å²) >= 11 is 0. The third-order valence-electron chi connectivity index (χ3n) is 4.84. The number of rotatable bonds is 7. The minimum absolute atomic E-state index is 0.322. The topological polar surface area (TPSA) is 71.1 Å². The molecule has 1 aromatic rings. The zero-order valence-corrected chi connectivity index (χ0v) is 15.5. The van der Waals surface area contributed by atoms with Crippen molar-refractivity contribution in [1.82, 2.24) is 14.5 Å². The summed E-state index contributed by atoms with van der Waals surface area (Å²) in [4.78, 5) is 2.72. The summed E-state index contributed by atoms with van der Waals surface area (Å²) in [5.74, 6) is 0.648. The van der Waals surface area contributed by atoms with Crippen LogP contribution in [0.2, 0.25) is 0 Å². The standard InChI is InChI=1S/C17H27N3O4S/c1-23-12-13-24-16-2-4-17(5-3-16)25(21,22)20-10-8-19(9-11-20)15-6-7-18-14-15/h2-5,15,18H,6-14H2,1H3. The number of nitrogens with one attached hydrogen (secondary N) is 1. The fourth-order valence-corrected chi connectivity index (χ4v) is 4.78. The van der Waals surface area contributed by atoms with Crippen molar-refractivity contribution in [2.24, 2.45) is 0 Å². The molecule has 1 N–H and O–H groups in total. The van der Waals surface area contributed by atoms with Crippen LogP contribution in [0.4, 0.5) is 0 Å². The van der Waals surface area contributed by atoms with Crippen molar-refractivity contribution in [1.29, 1.82) is 0 Å². The first-order chi connectivity index (χ1) is 12.1. The van der Waals surface area contributed by atoms with E-state index in [4.69, 9.17) is 9.47 Å². The molecule has 8 heteroatoms. The van der Waals surface area contributed by atoms with Gasteiger partial charge in [0.05, 0.1) is 11.5 Å². The Labute approximate surface area is 149 Å². The lowest BCUT2D eigenvalue weighted by atomic mass is 10.2. The van der Waals surface area contributed by atoms with Crippen molar-refractivity contribution in [3.8, 4) is 5.75 Å². The molecule has 1 unspecified atom stereocenters. The van der Waals surface area contributed by atoms with Crippen molar-refractivity contribution in [2.75, 3.05) is 59.6 Å². The quantitative estimate of drug-likeness (QED) is 0.701. The Morgan fingerprint density at radius 1 is 1.12 bits per heavy atom. The number of hydrogen-bond acceptors (Lipinski definition) is 6. The summed E-state index contributed by atoms with van der Waals surface area (Å²) in [6, 6.07) is 7.18. The van der Waals surface area contributed by atoms with E-state index in [0.717, 1.165) is 32.6 Å². The Morgan fingerprint density at radius 2 is 1.84 bits per heavy atom. The SMILES string of the molecule is COCCOc1ccc(S(=O)(=O)N2CCN(C3CCNC3)CC2)cc1. The Morgan fingerprint density at radius 3 is 2.44 bits per heavy atom. The first kappa shape index (κ1) is 18.6. The van der Waals surface area contributed by atoms with Gasteiger partial charge in [0.1, 0.15) is 12.4 Å². The fourth-order valence-electron chi connectivity index (χ4n) is 3.36. The van der Waals surface area contributed by atoms with E-state index in [2.05, 4.69) is 10.2 Å². The predicted molar refractivity (Wildman–Crippen MR) is 95.4 cm³/mol. The molecule has 0 saturated carbocycles. The molecule has 0 spiro atoms. The van der Waals surface area contributed by atoms with Crippen molar-refractivity contribution in [3.63, 3.8) is 0 Å². The lowest BCUT2D eigenvalue weighted by Gasteiger charge is -2.37. The Balaban J connectivity index is 1.58. The molecule has 3 rings (SSSR count). The summed E-state index contributed by atoms with van der Waals surface area (Å²) < 4.78 is 37.6. The maximum atomic E-state index is 12.8. The normalized spacial score (nSPS) is 23.0. The number of ether oxygens (including phenoxy) is 2. The van der Waals surface area contributed by atoms with Crippen LogP contribution in [0, 0.1) is 0 Å². The van der Waals surface area contributed by atoms with Gasteiger partial charge in [-0.1, -0.05) is 0 Å². The molecule has 2 saturated heterocycles. The maximum Gasteiger partial charge on any atom is 0.243 e. The van der Waals surface area contributed by atoms with Crippen LogP contribution in [0.5, 0.6) is 5.75 Å². The van der Waals surface area contributed by atoms with Crippen LogP contribution in [0.15, 0.2) is 29.2 Å². The van der Waals surface area contributed by atoms with Gasteiger partial charge in [0.15, 0.2) is 0 Å². The summed E-state index contributed by atoms with van der Waals surface area (Å²) in [5.41, 5.74) is 0. The molecule has 1 atom stereocenters. The molecule has 1 aromatic carbocycles. The van der Waals surface area contributed by atoms with Crippen LogP contribution < -0.4 is 10.1 Å². The van der Waals surface area contributed by atoms with Crippen molar-refractivity contribution >= 4 is 10.0 Å². The van der Waals surface area contributed by atoms with Gasteiger partial charge in [-0.05, 0) is 37.2 Å². The number of hydrogen-bond donors (Lipinski definition) is 1. The molecule has 0 aromatic heterocycles. The number of benzene rings is 1. The lowest BCUT2D eigenvalue weighted by molar-refractivity contribution is 0.145. The number of methoxy groups -OCH3 is 1. The monoisotopic (exact) mass is 369 g/mol. The molecule has 2 aliphatic heterocycles. The van der Waals surface area contributed by atoms with Crippen LogP contribution in [0.25, 0.3) is 0 Å². The Hall–Kier alpha value is -1.19. The second kappa shape index (κ2) is 8.46. The molecular formula is C17H27N3O4S. The lowest BCUT2D eigenvalue weighted by Crippen LogP contribution is -2.52. The molecule has 140 valence electrons. The fraction of sp³-hybridized carbons (Fsp3) is 0.647. The maximum absolute atomic E-state index is 12.8. The van der Waals surface area contributed by atoms with E-state index in [0.29, 0.717) is 43.0 Å². The zero-order valence-electron chi connectivity index (χ0n) is 14.7.